The standard InChI is InChI=1S/C45H76O4/c1-9-10-11-12-13-14-15-16-17-18-19-20-33(47)31-39(48)49-38-25-27-43(6)36(41(38,3)4)24-28-45(8)37(43)22-21-35-40-34(32(2)46)23-26-42(40,5)29-30-44(35,45)7/h34-38,40H,9-31H2,1-8H3. The van der Waals surface area contributed by atoms with Gasteiger partial charge in [-0.05, 0) is 123 Å². The Morgan fingerprint density at radius 1 is 0.633 bits per heavy atom. The quantitative estimate of drug-likeness (QED) is 0.0925. The summed E-state index contributed by atoms with van der Waals surface area (Å²) in [5.41, 5.74) is 0.981. The number of fused-ring (bicyclic) bond motifs is 7. The number of hydrogen-bond donors (Lipinski definition) is 0. The number of Topliss-reactive ketones (excluding diaryl/α,β-unsaturated/α-hetero) is 2. The van der Waals surface area contributed by atoms with Crippen LogP contribution in [0.5, 0.6) is 0 Å². The van der Waals surface area contributed by atoms with Crippen LogP contribution in [0.4, 0.5) is 0 Å². The van der Waals surface area contributed by atoms with Gasteiger partial charge in [0.1, 0.15) is 24.1 Å². The van der Waals surface area contributed by atoms with Crippen LogP contribution in [-0.4, -0.2) is 23.6 Å². The van der Waals surface area contributed by atoms with Gasteiger partial charge in [0.05, 0.1) is 0 Å². The monoisotopic (exact) mass is 681 g/mol. The van der Waals surface area contributed by atoms with Crippen LogP contribution in [-0.2, 0) is 19.1 Å². The molecule has 4 nitrogen and oxygen atoms in total. The Kier molecular flexibility index (Phi) is 12.3. The number of hydrogen-bond acceptors (Lipinski definition) is 4. The van der Waals surface area contributed by atoms with E-state index in [-0.39, 0.29) is 51.9 Å². The van der Waals surface area contributed by atoms with Gasteiger partial charge in [-0.3, -0.25) is 14.4 Å². The van der Waals surface area contributed by atoms with Gasteiger partial charge < -0.3 is 4.74 Å². The number of rotatable bonds is 16. The molecule has 0 aromatic rings. The molecule has 5 fully saturated rings. The molecule has 0 bridgehead atoms. The van der Waals surface area contributed by atoms with E-state index in [0.29, 0.717) is 41.3 Å². The van der Waals surface area contributed by atoms with E-state index in [1.807, 2.05) is 6.92 Å². The SMILES string of the molecule is CCCCCCCCCCCCCC(=O)CC(=O)OC1CCC2(C)C(CCC3(C)C2CCC2C4C(C(C)=O)CCC4(C)CCC23C)C1(C)C. The molecule has 0 aromatic carbocycles. The minimum Gasteiger partial charge on any atom is -0.461 e. The molecule has 5 saturated carbocycles. The number of carbonyl (C=O) groups is 3. The maximum Gasteiger partial charge on any atom is 0.313 e. The third-order valence-corrected chi connectivity index (χ3v) is 17.0. The van der Waals surface area contributed by atoms with E-state index >= 15 is 0 Å². The van der Waals surface area contributed by atoms with E-state index in [2.05, 4.69) is 48.5 Å². The minimum absolute atomic E-state index is 0.0515. The summed E-state index contributed by atoms with van der Waals surface area (Å²) in [5.74, 6) is 2.81. The van der Waals surface area contributed by atoms with E-state index in [1.165, 1.54) is 103 Å². The third-order valence-electron chi connectivity index (χ3n) is 17.0. The molecule has 49 heavy (non-hydrogen) atoms. The fourth-order valence-electron chi connectivity index (χ4n) is 14.0. The molecule has 4 heteroatoms. The Labute approximate surface area is 301 Å². The van der Waals surface area contributed by atoms with Crippen molar-refractivity contribution in [2.45, 2.75) is 209 Å². The lowest BCUT2D eigenvalue weighted by Crippen LogP contribution is -2.66. The smallest absolute Gasteiger partial charge is 0.313 e. The van der Waals surface area contributed by atoms with Crippen molar-refractivity contribution in [1.82, 2.24) is 0 Å². The van der Waals surface area contributed by atoms with Gasteiger partial charge in [0.15, 0.2) is 0 Å². The molecule has 5 rings (SSSR count). The van der Waals surface area contributed by atoms with Gasteiger partial charge in [-0.15, -0.1) is 0 Å². The average Bonchev–Trinajstić information content (AvgIpc) is 3.39. The molecule has 0 saturated heterocycles. The summed E-state index contributed by atoms with van der Waals surface area (Å²) >= 11 is 0. The largest absolute Gasteiger partial charge is 0.461 e. The summed E-state index contributed by atoms with van der Waals surface area (Å²) in [7, 11) is 0. The molecular formula is C45H76O4. The Balaban J connectivity index is 1.13. The van der Waals surface area contributed by atoms with Crippen molar-refractivity contribution >= 4 is 17.5 Å². The molecule has 0 heterocycles. The first kappa shape index (κ1) is 39.0. The molecule has 0 aliphatic heterocycles. The van der Waals surface area contributed by atoms with Gasteiger partial charge in [0.2, 0.25) is 0 Å². The van der Waals surface area contributed by atoms with Crippen molar-refractivity contribution in [3.63, 3.8) is 0 Å². The normalized spacial score (nSPS) is 40.8. The Hall–Kier alpha value is -1.19. The Morgan fingerprint density at radius 2 is 1.27 bits per heavy atom. The highest BCUT2D eigenvalue weighted by Gasteiger charge is 2.70. The second-order valence-corrected chi connectivity index (χ2v) is 19.9. The highest BCUT2D eigenvalue weighted by Crippen LogP contribution is 2.77. The maximum absolute atomic E-state index is 13.2. The van der Waals surface area contributed by atoms with Crippen molar-refractivity contribution < 1.29 is 19.1 Å². The van der Waals surface area contributed by atoms with E-state index in [4.69, 9.17) is 4.74 Å². The van der Waals surface area contributed by atoms with Crippen LogP contribution in [0.15, 0.2) is 0 Å². The summed E-state index contributed by atoms with van der Waals surface area (Å²) in [6.07, 6.45) is 26.1. The lowest BCUT2D eigenvalue weighted by Gasteiger charge is -2.72. The van der Waals surface area contributed by atoms with Crippen LogP contribution >= 0.6 is 0 Å². The average molecular weight is 681 g/mol. The maximum atomic E-state index is 13.2. The fourth-order valence-corrected chi connectivity index (χ4v) is 14.0. The Bertz CT molecular complexity index is 1170. The lowest BCUT2D eigenvalue weighted by atomic mass is 9.32. The van der Waals surface area contributed by atoms with Gasteiger partial charge in [-0.25, -0.2) is 0 Å². The van der Waals surface area contributed by atoms with Crippen molar-refractivity contribution in [3.8, 4) is 0 Å². The van der Waals surface area contributed by atoms with Crippen LogP contribution in [0, 0.1) is 56.7 Å². The molecule has 5 aliphatic carbocycles. The van der Waals surface area contributed by atoms with Crippen molar-refractivity contribution in [3.05, 3.63) is 0 Å². The zero-order chi connectivity index (χ0) is 35.7. The summed E-state index contributed by atoms with van der Waals surface area (Å²) in [4.78, 5) is 38.9. The molecule has 10 unspecified atom stereocenters. The molecule has 0 N–H and O–H groups in total. The lowest BCUT2D eigenvalue weighted by molar-refractivity contribution is -0.249. The summed E-state index contributed by atoms with van der Waals surface area (Å²) in [6.45, 7) is 19.3. The van der Waals surface area contributed by atoms with E-state index < -0.39 is 0 Å². The van der Waals surface area contributed by atoms with E-state index in [0.717, 1.165) is 32.1 Å². The van der Waals surface area contributed by atoms with Crippen molar-refractivity contribution in [2.75, 3.05) is 0 Å². The predicted octanol–water partition coefficient (Wildman–Crippen LogP) is 12.2. The predicted molar refractivity (Wildman–Crippen MR) is 201 cm³/mol. The highest BCUT2D eigenvalue weighted by atomic mass is 16.5. The summed E-state index contributed by atoms with van der Waals surface area (Å²) < 4.78 is 6.25. The van der Waals surface area contributed by atoms with Gasteiger partial charge in [-0.1, -0.05) is 113 Å². The van der Waals surface area contributed by atoms with Crippen molar-refractivity contribution in [1.29, 1.82) is 0 Å². The first-order valence-electron chi connectivity index (χ1n) is 21.4. The third kappa shape index (κ3) is 7.39. The number of ether oxygens (including phenoxy) is 1. The van der Waals surface area contributed by atoms with Crippen LogP contribution in [0.2, 0.25) is 0 Å². The number of ketones is 2. The summed E-state index contributed by atoms with van der Waals surface area (Å²) in [6, 6.07) is 0. The molecule has 280 valence electrons. The van der Waals surface area contributed by atoms with Gasteiger partial charge >= 0.3 is 5.97 Å². The fraction of sp³-hybridized carbons (Fsp3) is 0.933. The topological polar surface area (TPSA) is 60.4 Å². The zero-order valence-electron chi connectivity index (χ0n) is 33.4. The summed E-state index contributed by atoms with van der Waals surface area (Å²) in [5, 5.41) is 0. The first-order valence-corrected chi connectivity index (χ1v) is 21.4. The van der Waals surface area contributed by atoms with Crippen LogP contribution in [0.1, 0.15) is 203 Å². The molecular weight excluding hydrogens is 604 g/mol. The van der Waals surface area contributed by atoms with Gasteiger partial charge in [0, 0.05) is 17.8 Å². The first-order chi connectivity index (χ1) is 23.1. The molecule has 5 aliphatic rings. The van der Waals surface area contributed by atoms with E-state index in [1.54, 1.807) is 0 Å². The Morgan fingerprint density at radius 3 is 1.90 bits per heavy atom. The number of unbranched alkanes of at least 4 members (excludes halogenated alkanes) is 10. The second kappa shape index (κ2) is 15.4. The molecule has 0 amide bonds. The van der Waals surface area contributed by atoms with Gasteiger partial charge in [-0.2, -0.15) is 0 Å². The minimum atomic E-state index is -0.301. The van der Waals surface area contributed by atoms with Crippen LogP contribution in [0.25, 0.3) is 0 Å². The molecule has 0 radical (unpaired) electrons. The number of esters is 1. The van der Waals surface area contributed by atoms with E-state index in [9.17, 15) is 14.4 Å². The molecule has 0 aromatic heterocycles. The number of carbonyl (C=O) groups excluding carboxylic acids is 3. The van der Waals surface area contributed by atoms with Gasteiger partial charge in [0.25, 0.3) is 0 Å². The molecule has 0 spiro atoms. The van der Waals surface area contributed by atoms with Crippen LogP contribution < -0.4 is 0 Å². The highest BCUT2D eigenvalue weighted by molar-refractivity contribution is 5.95. The molecule has 10 atom stereocenters. The van der Waals surface area contributed by atoms with Crippen molar-refractivity contribution in [2.24, 2.45) is 56.7 Å². The van der Waals surface area contributed by atoms with Crippen LogP contribution in [0.3, 0.4) is 0 Å². The second-order valence-electron chi connectivity index (χ2n) is 19.9. The zero-order valence-corrected chi connectivity index (χ0v) is 33.4.